The third-order valence-electron chi connectivity index (χ3n) is 4.61. The van der Waals surface area contributed by atoms with E-state index < -0.39 is 16.4 Å². The summed E-state index contributed by atoms with van der Waals surface area (Å²) in [6.45, 7) is 0. The summed E-state index contributed by atoms with van der Waals surface area (Å²) in [7, 11) is -0.809. The van der Waals surface area contributed by atoms with Crippen LogP contribution in [0.25, 0.3) is 5.65 Å². The van der Waals surface area contributed by atoms with Crippen molar-refractivity contribution in [1.29, 1.82) is 5.26 Å². The summed E-state index contributed by atoms with van der Waals surface area (Å²) < 4.78 is 13.6. The maximum Gasteiger partial charge on any atom is 0.172 e. The molecule has 2 aromatic rings. The zero-order valence-corrected chi connectivity index (χ0v) is 12.1. The van der Waals surface area contributed by atoms with Gasteiger partial charge in [0.15, 0.2) is 5.65 Å². The van der Waals surface area contributed by atoms with E-state index in [1.54, 1.807) is 12.4 Å². The smallest absolute Gasteiger partial charge is 0.172 e. The van der Waals surface area contributed by atoms with Gasteiger partial charge in [-0.3, -0.25) is 4.21 Å². The molecule has 2 atom stereocenters. The van der Waals surface area contributed by atoms with Crippen molar-refractivity contribution in [3.8, 4) is 6.07 Å². The summed E-state index contributed by atoms with van der Waals surface area (Å²) >= 11 is 0. The van der Waals surface area contributed by atoms with Crippen molar-refractivity contribution in [2.75, 3.05) is 0 Å². The van der Waals surface area contributed by atoms with E-state index in [4.69, 9.17) is 5.26 Å². The lowest BCUT2D eigenvalue weighted by molar-refractivity contribution is 0.0177. The molecular formula is C14H14N4O2S. The first-order valence-electron chi connectivity index (χ1n) is 6.96. The minimum absolute atomic E-state index is 0.0803. The minimum Gasteiger partial charge on any atom is -0.385 e. The van der Waals surface area contributed by atoms with Gasteiger partial charge in [0.05, 0.1) is 11.8 Å². The Bertz CT molecular complexity index is 778. The Labute approximate surface area is 123 Å². The zero-order valence-electron chi connectivity index (χ0n) is 11.3. The van der Waals surface area contributed by atoms with Gasteiger partial charge in [0.2, 0.25) is 0 Å². The lowest BCUT2D eigenvalue weighted by Crippen LogP contribution is -2.40. The van der Waals surface area contributed by atoms with Crippen molar-refractivity contribution >= 4 is 16.4 Å². The van der Waals surface area contributed by atoms with Gasteiger partial charge in [-0.1, -0.05) is 0 Å². The molecule has 2 aliphatic rings. The third-order valence-corrected chi connectivity index (χ3v) is 6.73. The van der Waals surface area contributed by atoms with E-state index >= 15 is 0 Å². The molecule has 7 heteroatoms. The Kier molecular flexibility index (Phi) is 2.68. The summed E-state index contributed by atoms with van der Waals surface area (Å²) in [5.74, 6) is 0. The second kappa shape index (κ2) is 4.36. The molecule has 0 amide bonds. The molecule has 2 aromatic heterocycles. The van der Waals surface area contributed by atoms with Crippen LogP contribution >= 0.6 is 0 Å². The van der Waals surface area contributed by atoms with E-state index in [1.165, 1.54) is 10.7 Å². The van der Waals surface area contributed by atoms with Crippen molar-refractivity contribution in [2.24, 2.45) is 0 Å². The van der Waals surface area contributed by atoms with Crippen LogP contribution in [0, 0.1) is 11.3 Å². The monoisotopic (exact) mass is 302 g/mol. The molecule has 0 spiro atoms. The lowest BCUT2D eigenvalue weighted by Gasteiger charge is -2.35. The Morgan fingerprint density at radius 3 is 2.76 bits per heavy atom. The van der Waals surface area contributed by atoms with Gasteiger partial charge in [-0.2, -0.15) is 10.4 Å². The van der Waals surface area contributed by atoms with Crippen LogP contribution in [0.15, 0.2) is 18.6 Å². The van der Waals surface area contributed by atoms with Crippen molar-refractivity contribution in [3.63, 3.8) is 0 Å². The standard InChI is InChI=1S/C14H14N4O2S/c15-5-9-6-17-18-8-10(7-16-13(9)18)14(19)3-11-1-2-12(4-14)21(11)20/h6-8,11-12,19H,1-4H2. The van der Waals surface area contributed by atoms with Crippen LogP contribution in [0.2, 0.25) is 0 Å². The van der Waals surface area contributed by atoms with Gasteiger partial charge in [-0.15, -0.1) is 0 Å². The zero-order chi connectivity index (χ0) is 14.6. The van der Waals surface area contributed by atoms with Crippen molar-refractivity contribution in [1.82, 2.24) is 14.6 Å². The van der Waals surface area contributed by atoms with Crippen molar-refractivity contribution in [2.45, 2.75) is 41.8 Å². The van der Waals surface area contributed by atoms with Gasteiger partial charge >= 0.3 is 0 Å². The molecule has 0 saturated carbocycles. The first kappa shape index (κ1) is 12.9. The molecule has 2 fully saturated rings. The quantitative estimate of drug-likeness (QED) is 0.843. The molecule has 4 rings (SSSR count). The predicted octanol–water partition coefficient (Wildman–Crippen LogP) is 0.862. The maximum atomic E-state index is 12.1. The molecule has 4 heterocycles. The SMILES string of the molecule is N#Cc1cnn2cc(C3(O)CC4CCC(C3)S4=O)cnc12. The van der Waals surface area contributed by atoms with Crippen molar-refractivity contribution < 1.29 is 9.32 Å². The van der Waals surface area contributed by atoms with Crippen LogP contribution in [0.3, 0.4) is 0 Å². The summed E-state index contributed by atoms with van der Waals surface area (Å²) in [5, 5.41) is 24.2. The van der Waals surface area contributed by atoms with E-state index in [0.717, 1.165) is 12.8 Å². The number of fused-ring (bicyclic) bond motifs is 3. The van der Waals surface area contributed by atoms with Crippen LogP contribution < -0.4 is 0 Å². The summed E-state index contributed by atoms with van der Waals surface area (Å²) in [6, 6.07) is 2.04. The number of hydrogen-bond acceptors (Lipinski definition) is 5. The molecule has 2 unspecified atom stereocenters. The lowest BCUT2D eigenvalue weighted by atomic mass is 9.87. The molecule has 2 saturated heterocycles. The third kappa shape index (κ3) is 1.83. The average molecular weight is 302 g/mol. The normalized spacial score (nSPS) is 35.0. The predicted molar refractivity (Wildman–Crippen MR) is 75.8 cm³/mol. The number of nitriles is 1. The molecule has 0 radical (unpaired) electrons. The highest BCUT2D eigenvalue weighted by Crippen LogP contribution is 2.45. The fraction of sp³-hybridized carbons (Fsp3) is 0.500. The second-order valence-corrected chi connectivity index (χ2v) is 7.86. The number of rotatable bonds is 1. The minimum atomic E-state index is -0.986. The van der Waals surface area contributed by atoms with Crippen LogP contribution in [0.5, 0.6) is 0 Å². The van der Waals surface area contributed by atoms with Gasteiger partial charge in [0, 0.05) is 39.3 Å². The van der Waals surface area contributed by atoms with Gasteiger partial charge < -0.3 is 5.11 Å². The Hall–Kier alpha value is -1.78. The largest absolute Gasteiger partial charge is 0.385 e. The van der Waals surface area contributed by atoms with Crippen LogP contribution in [0.1, 0.15) is 36.8 Å². The number of aliphatic hydroxyl groups is 1. The van der Waals surface area contributed by atoms with Crippen LogP contribution in [0.4, 0.5) is 0 Å². The van der Waals surface area contributed by atoms with Gasteiger partial charge in [-0.25, -0.2) is 9.50 Å². The molecule has 108 valence electrons. The molecule has 1 N–H and O–H groups in total. The van der Waals surface area contributed by atoms with Crippen LogP contribution in [-0.2, 0) is 16.4 Å². The number of hydrogen-bond donors (Lipinski definition) is 1. The highest BCUT2D eigenvalue weighted by molar-refractivity contribution is 7.86. The molecular weight excluding hydrogens is 288 g/mol. The molecule has 21 heavy (non-hydrogen) atoms. The molecule has 0 aromatic carbocycles. The van der Waals surface area contributed by atoms with E-state index in [0.29, 0.717) is 29.6 Å². The second-order valence-electron chi connectivity index (χ2n) is 5.87. The summed E-state index contributed by atoms with van der Waals surface area (Å²) in [4.78, 5) is 4.26. The highest BCUT2D eigenvalue weighted by atomic mass is 32.2. The molecule has 2 bridgehead atoms. The highest BCUT2D eigenvalue weighted by Gasteiger charge is 2.48. The van der Waals surface area contributed by atoms with E-state index in [9.17, 15) is 9.32 Å². The maximum absolute atomic E-state index is 12.1. The summed E-state index contributed by atoms with van der Waals surface area (Å²) in [6.07, 6.45) is 7.69. The Balaban J connectivity index is 1.76. The Morgan fingerprint density at radius 2 is 2.10 bits per heavy atom. The fourth-order valence-electron chi connectivity index (χ4n) is 3.51. The number of aromatic nitrogens is 3. The fourth-order valence-corrected chi connectivity index (χ4v) is 5.67. The van der Waals surface area contributed by atoms with Crippen molar-refractivity contribution in [3.05, 3.63) is 29.7 Å². The number of nitrogens with zero attached hydrogens (tertiary/aromatic N) is 4. The average Bonchev–Trinajstić information content (AvgIpc) is 2.98. The van der Waals surface area contributed by atoms with Crippen LogP contribution in [-0.4, -0.2) is 34.4 Å². The Morgan fingerprint density at radius 1 is 1.38 bits per heavy atom. The molecule has 0 aliphatic carbocycles. The first-order valence-corrected chi connectivity index (χ1v) is 8.24. The van der Waals surface area contributed by atoms with Gasteiger partial charge in [0.1, 0.15) is 11.6 Å². The van der Waals surface area contributed by atoms with Gasteiger partial charge in [-0.05, 0) is 25.7 Å². The van der Waals surface area contributed by atoms with E-state index in [2.05, 4.69) is 10.1 Å². The first-order chi connectivity index (χ1) is 10.1. The van der Waals surface area contributed by atoms with Gasteiger partial charge in [0.25, 0.3) is 0 Å². The molecule has 6 nitrogen and oxygen atoms in total. The molecule has 2 aliphatic heterocycles. The van der Waals surface area contributed by atoms with E-state index in [1.807, 2.05) is 6.07 Å². The topological polar surface area (TPSA) is 91.3 Å². The van der Waals surface area contributed by atoms with E-state index in [-0.39, 0.29) is 10.5 Å². The summed E-state index contributed by atoms with van der Waals surface area (Å²) in [5.41, 5.74) is 0.612.